The van der Waals surface area contributed by atoms with Crippen molar-refractivity contribution >= 4 is 17.8 Å². The van der Waals surface area contributed by atoms with Crippen LogP contribution in [0.5, 0.6) is 0 Å². The molecule has 1 heterocycles. The number of benzene rings is 2. The summed E-state index contributed by atoms with van der Waals surface area (Å²) in [7, 11) is 0. The molecule has 22 heavy (non-hydrogen) atoms. The molecule has 3 rings (SSSR count). The van der Waals surface area contributed by atoms with Gasteiger partial charge in [-0.15, -0.1) is 0 Å². The zero-order chi connectivity index (χ0) is 15.9. The van der Waals surface area contributed by atoms with Gasteiger partial charge in [0.05, 0.1) is 16.7 Å². The summed E-state index contributed by atoms with van der Waals surface area (Å²) in [4.78, 5) is 41.6. The van der Waals surface area contributed by atoms with Crippen molar-refractivity contribution in [2.75, 3.05) is 0 Å². The smallest absolute Gasteiger partial charge is 0.324 e. The predicted molar refractivity (Wildman–Crippen MR) is 78.3 cm³/mol. The van der Waals surface area contributed by atoms with Crippen molar-refractivity contribution in [3.63, 3.8) is 0 Å². The topological polar surface area (TPSA) is 63.7 Å². The lowest BCUT2D eigenvalue weighted by atomic mass is 10.1. The van der Waals surface area contributed by atoms with E-state index in [2.05, 4.69) is 0 Å². The number of fused-ring (bicyclic) bond motifs is 1. The number of hydrogen-bond donors (Lipinski definition) is 0. The van der Waals surface area contributed by atoms with Crippen LogP contribution in [-0.2, 0) is 4.84 Å². The number of carbonyl (C=O) groups is 3. The lowest BCUT2D eigenvalue weighted by Gasteiger charge is -2.14. The molecule has 1 aliphatic heterocycles. The molecule has 0 unspecified atom stereocenters. The van der Waals surface area contributed by atoms with E-state index < -0.39 is 17.8 Å². The van der Waals surface area contributed by atoms with E-state index in [-0.39, 0.29) is 11.1 Å². The van der Waals surface area contributed by atoms with E-state index >= 15 is 0 Å². The van der Waals surface area contributed by atoms with E-state index in [0.29, 0.717) is 16.2 Å². The molecule has 1 aliphatic rings. The molecule has 0 radical (unpaired) electrons. The van der Waals surface area contributed by atoms with Gasteiger partial charge in [-0.05, 0) is 37.6 Å². The molecule has 0 aromatic heterocycles. The summed E-state index contributed by atoms with van der Waals surface area (Å²) in [5.74, 6) is -1.98. The fourth-order valence-electron chi connectivity index (χ4n) is 2.34. The van der Waals surface area contributed by atoms with Crippen LogP contribution in [0.2, 0.25) is 0 Å². The van der Waals surface area contributed by atoms with Crippen LogP contribution in [0.4, 0.5) is 0 Å². The van der Waals surface area contributed by atoms with Crippen LogP contribution in [0.1, 0.15) is 42.2 Å². The number of carbonyl (C=O) groups excluding carboxylic acids is 3. The maximum Gasteiger partial charge on any atom is 0.364 e. The maximum atomic E-state index is 12.2. The highest BCUT2D eigenvalue weighted by Gasteiger charge is 2.38. The number of aryl methyl sites for hydroxylation is 2. The van der Waals surface area contributed by atoms with E-state index in [1.807, 2.05) is 13.0 Å². The van der Waals surface area contributed by atoms with Crippen molar-refractivity contribution < 1.29 is 19.2 Å². The SMILES string of the molecule is Cc1ccc(C)c(C(=O)ON2C(=O)c3ccccc3C2=O)c1. The Balaban J connectivity index is 1.89. The predicted octanol–water partition coefficient (Wildman–Crippen LogP) is 2.67. The van der Waals surface area contributed by atoms with Gasteiger partial charge in [0, 0.05) is 0 Å². The molecule has 2 amide bonds. The molecule has 0 atom stereocenters. The Hall–Kier alpha value is -2.95. The van der Waals surface area contributed by atoms with E-state index in [9.17, 15) is 14.4 Å². The van der Waals surface area contributed by atoms with Gasteiger partial charge in [0.2, 0.25) is 0 Å². The van der Waals surface area contributed by atoms with Crippen LogP contribution in [-0.4, -0.2) is 22.8 Å². The molecule has 0 fully saturated rings. The fourth-order valence-corrected chi connectivity index (χ4v) is 2.34. The Morgan fingerprint density at radius 1 is 0.955 bits per heavy atom. The first-order valence-corrected chi connectivity index (χ1v) is 6.76. The molecule has 5 nitrogen and oxygen atoms in total. The summed E-state index contributed by atoms with van der Waals surface area (Å²) in [5.41, 5.74) is 2.41. The Morgan fingerprint density at radius 3 is 2.14 bits per heavy atom. The number of rotatable bonds is 2. The molecule has 2 aromatic rings. The molecule has 2 aromatic carbocycles. The molecule has 0 N–H and O–H groups in total. The van der Waals surface area contributed by atoms with Crippen LogP contribution in [0, 0.1) is 13.8 Å². The first-order valence-electron chi connectivity index (χ1n) is 6.76. The number of hydroxylamine groups is 2. The minimum Gasteiger partial charge on any atom is -0.324 e. The van der Waals surface area contributed by atoms with Gasteiger partial charge in [-0.3, -0.25) is 9.59 Å². The average molecular weight is 295 g/mol. The zero-order valence-electron chi connectivity index (χ0n) is 12.1. The number of hydrogen-bond acceptors (Lipinski definition) is 4. The van der Waals surface area contributed by atoms with Crippen LogP contribution < -0.4 is 0 Å². The van der Waals surface area contributed by atoms with Gasteiger partial charge in [0.1, 0.15) is 0 Å². The molecular weight excluding hydrogens is 282 g/mol. The summed E-state index contributed by atoms with van der Waals surface area (Å²) in [6.07, 6.45) is 0. The monoisotopic (exact) mass is 295 g/mol. The van der Waals surface area contributed by atoms with E-state index in [1.54, 1.807) is 31.2 Å². The standard InChI is InChI=1S/C17H13NO4/c1-10-7-8-11(2)14(9-10)17(21)22-18-15(19)12-5-3-4-6-13(12)16(18)20/h3-9H,1-2H3. The highest BCUT2D eigenvalue weighted by Crippen LogP contribution is 2.23. The molecule has 0 bridgehead atoms. The van der Waals surface area contributed by atoms with Gasteiger partial charge in [0.25, 0.3) is 11.8 Å². The second-order valence-corrected chi connectivity index (χ2v) is 5.15. The third-order valence-electron chi connectivity index (χ3n) is 3.54. The molecule has 0 saturated heterocycles. The normalized spacial score (nSPS) is 13.3. The largest absolute Gasteiger partial charge is 0.364 e. The minimum atomic E-state index is -0.726. The quantitative estimate of drug-likeness (QED) is 0.799. The van der Waals surface area contributed by atoms with Crippen molar-refractivity contribution in [3.05, 3.63) is 70.3 Å². The van der Waals surface area contributed by atoms with Crippen LogP contribution in [0.3, 0.4) is 0 Å². The maximum absolute atomic E-state index is 12.2. The Kier molecular flexibility index (Phi) is 3.25. The van der Waals surface area contributed by atoms with Gasteiger partial charge < -0.3 is 4.84 Å². The van der Waals surface area contributed by atoms with Crippen molar-refractivity contribution in [1.82, 2.24) is 5.06 Å². The lowest BCUT2D eigenvalue weighted by molar-refractivity contribution is -0.0585. The highest BCUT2D eigenvalue weighted by atomic mass is 16.7. The zero-order valence-corrected chi connectivity index (χ0v) is 12.1. The van der Waals surface area contributed by atoms with Gasteiger partial charge in [0.15, 0.2) is 0 Å². The van der Waals surface area contributed by atoms with Crippen molar-refractivity contribution in [2.24, 2.45) is 0 Å². The van der Waals surface area contributed by atoms with Crippen molar-refractivity contribution in [1.29, 1.82) is 0 Å². The van der Waals surface area contributed by atoms with Crippen LogP contribution in [0.25, 0.3) is 0 Å². The summed E-state index contributed by atoms with van der Waals surface area (Å²) < 4.78 is 0. The van der Waals surface area contributed by atoms with Crippen LogP contribution >= 0.6 is 0 Å². The van der Waals surface area contributed by atoms with Crippen LogP contribution in [0.15, 0.2) is 42.5 Å². The molecular formula is C17H13NO4. The van der Waals surface area contributed by atoms with Crippen molar-refractivity contribution in [2.45, 2.75) is 13.8 Å². The molecule has 0 aliphatic carbocycles. The third-order valence-corrected chi connectivity index (χ3v) is 3.54. The van der Waals surface area contributed by atoms with Gasteiger partial charge in [-0.25, -0.2) is 4.79 Å². The number of amides is 2. The minimum absolute atomic E-state index is 0.237. The van der Waals surface area contributed by atoms with Crippen molar-refractivity contribution in [3.8, 4) is 0 Å². The molecule has 0 saturated carbocycles. The fraction of sp³-hybridized carbons (Fsp3) is 0.118. The highest BCUT2D eigenvalue weighted by molar-refractivity contribution is 6.21. The molecule has 0 spiro atoms. The second kappa shape index (κ2) is 5.11. The summed E-state index contributed by atoms with van der Waals surface area (Å²) >= 11 is 0. The molecule has 110 valence electrons. The summed E-state index contributed by atoms with van der Waals surface area (Å²) in [6.45, 7) is 3.61. The third kappa shape index (κ3) is 2.16. The first-order chi connectivity index (χ1) is 10.5. The average Bonchev–Trinajstić information content (AvgIpc) is 2.75. The Morgan fingerprint density at radius 2 is 1.55 bits per heavy atom. The number of imide groups is 1. The molecule has 5 heteroatoms. The van der Waals surface area contributed by atoms with Gasteiger partial charge >= 0.3 is 5.97 Å². The Labute approximate surface area is 127 Å². The summed E-state index contributed by atoms with van der Waals surface area (Å²) in [6, 6.07) is 11.7. The van der Waals surface area contributed by atoms with Gasteiger partial charge in [-0.2, -0.15) is 0 Å². The van der Waals surface area contributed by atoms with Gasteiger partial charge in [-0.1, -0.05) is 34.9 Å². The lowest BCUT2D eigenvalue weighted by Crippen LogP contribution is -2.32. The second-order valence-electron chi connectivity index (χ2n) is 5.15. The number of nitrogens with zero attached hydrogens (tertiary/aromatic N) is 1. The van der Waals surface area contributed by atoms with E-state index in [1.165, 1.54) is 12.1 Å². The Bertz CT molecular complexity index is 775. The van der Waals surface area contributed by atoms with E-state index in [4.69, 9.17) is 4.84 Å². The first kappa shape index (κ1) is 14.0. The summed E-state index contributed by atoms with van der Waals surface area (Å²) in [5, 5.41) is 0.523. The van der Waals surface area contributed by atoms with E-state index in [0.717, 1.165) is 5.56 Å².